The number of aryl methyl sites for hydroxylation is 2. The van der Waals surface area contributed by atoms with Crippen LogP contribution in [0.1, 0.15) is 12.6 Å². The van der Waals surface area contributed by atoms with Crippen LogP contribution in [0.25, 0.3) is 0 Å². The molecule has 0 saturated carbocycles. The number of nitrogens with zero attached hydrogens (tertiary/aromatic N) is 3. The molecular formula is C10H18N4. The highest BCUT2D eigenvalue weighted by molar-refractivity contribution is 5.50. The first-order chi connectivity index (χ1) is 6.68. The predicted molar refractivity (Wildman–Crippen MR) is 57.6 cm³/mol. The lowest BCUT2D eigenvalue weighted by molar-refractivity contribution is 0.500. The lowest BCUT2D eigenvalue weighted by Crippen LogP contribution is -2.50. The Morgan fingerprint density at radius 2 is 2.36 bits per heavy atom. The van der Waals surface area contributed by atoms with Crippen LogP contribution in [0.5, 0.6) is 0 Å². The molecule has 14 heavy (non-hydrogen) atoms. The minimum Gasteiger partial charge on any atom is -0.364 e. The Morgan fingerprint density at radius 3 is 2.93 bits per heavy atom. The van der Waals surface area contributed by atoms with Gasteiger partial charge in [-0.05, 0) is 13.8 Å². The van der Waals surface area contributed by atoms with Crippen molar-refractivity contribution in [1.82, 2.24) is 15.1 Å². The minimum absolute atomic E-state index is 0.562. The average molecular weight is 194 g/mol. The van der Waals surface area contributed by atoms with Gasteiger partial charge < -0.3 is 10.2 Å². The predicted octanol–water partition coefficient (Wildman–Crippen LogP) is 0.527. The maximum atomic E-state index is 4.38. The second kappa shape index (κ2) is 3.61. The van der Waals surface area contributed by atoms with E-state index in [2.05, 4.69) is 35.4 Å². The molecule has 1 aliphatic rings. The molecule has 1 aromatic rings. The van der Waals surface area contributed by atoms with Crippen molar-refractivity contribution in [1.29, 1.82) is 0 Å². The van der Waals surface area contributed by atoms with Crippen molar-refractivity contribution >= 4 is 5.69 Å². The Hall–Kier alpha value is -1.03. The Bertz CT molecular complexity index is 318. The molecular weight excluding hydrogens is 176 g/mol. The van der Waals surface area contributed by atoms with Gasteiger partial charge in [0.05, 0.1) is 11.4 Å². The van der Waals surface area contributed by atoms with Crippen LogP contribution in [0.2, 0.25) is 0 Å². The van der Waals surface area contributed by atoms with E-state index in [0.717, 1.165) is 25.3 Å². The van der Waals surface area contributed by atoms with Gasteiger partial charge in [0.1, 0.15) is 0 Å². The normalized spacial score (nSPS) is 22.8. The Labute approximate surface area is 84.9 Å². The van der Waals surface area contributed by atoms with Crippen LogP contribution in [0.15, 0.2) is 6.20 Å². The summed E-state index contributed by atoms with van der Waals surface area (Å²) in [5, 5.41) is 7.77. The van der Waals surface area contributed by atoms with Gasteiger partial charge in [-0.1, -0.05) is 0 Å². The number of anilines is 1. The third kappa shape index (κ3) is 1.62. The largest absolute Gasteiger partial charge is 0.364 e. The molecule has 0 aliphatic carbocycles. The maximum absolute atomic E-state index is 4.38. The number of piperazine rings is 1. The lowest BCUT2D eigenvalue weighted by Gasteiger charge is -2.35. The van der Waals surface area contributed by atoms with E-state index in [0.29, 0.717) is 6.04 Å². The zero-order chi connectivity index (χ0) is 10.1. The molecule has 1 aromatic heterocycles. The van der Waals surface area contributed by atoms with E-state index in [-0.39, 0.29) is 0 Å². The third-order valence-electron chi connectivity index (χ3n) is 2.80. The number of hydrogen-bond donors (Lipinski definition) is 1. The van der Waals surface area contributed by atoms with Gasteiger partial charge in [-0.3, -0.25) is 4.68 Å². The molecule has 1 atom stereocenters. The van der Waals surface area contributed by atoms with E-state index in [4.69, 9.17) is 0 Å². The first-order valence-electron chi connectivity index (χ1n) is 5.16. The van der Waals surface area contributed by atoms with E-state index in [9.17, 15) is 0 Å². The highest BCUT2D eigenvalue weighted by atomic mass is 15.3. The first-order valence-corrected chi connectivity index (χ1v) is 5.16. The van der Waals surface area contributed by atoms with Gasteiger partial charge in [-0.15, -0.1) is 0 Å². The van der Waals surface area contributed by atoms with Crippen LogP contribution < -0.4 is 10.2 Å². The van der Waals surface area contributed by atoms with Crippen LogP contribution in [0, 0.1) is 6.92 Å². The van der Waals surface area contributed by atoms with Crippen molar-refractivity contribution in [3.8, 4) is 0 Å². The van der Waals surface area contributed by atoms with Gasteiger partial charge in [0.15, 0.2) is 0 Å². The van der Waals surface area contributed by atoms with E-state index in [1.165, 1.54) is 5.69 Å². The Balaban J connectivity index is 2.24. The molecule has 1 saturated heterocycles. The van der Waals surface area contributed by atoms with Gasteiger partial charge in [0, 0.05) is 38.9 Å². The fourth-order valence-electron chi connectivity index (χ4n) is 2.07. The zero-order valence-corrected chi connectivity index (χ0v) is 9.12. The summed E-state index contributed by atoms with van der Waals surface area (Å²) in [5.74, 6) is 0. The number of nitrogens with one attached hydrogen (secondary N) is 1. The van der Waals surface area contributed by atoms with E-state index >= 15 is 0 Å². The number of aromatic nitrogens is 2. The summed E-state index contributed by atoms with van der Waals surface area (Å²) in [6, 6.07) is 0.562. The fraction of sp³-hybridized carbons (Fsp3) is 0.700. The summed E-state index contributed by atoms with van der Waals surface area (Å²) in [5.41, 5.74) is 2.41. The number of rotatable bonds is 1. The molecule has 1 unspecified atom stereocenters. The molecule has 2 heterocycles. The van der Waals surface area contributed by atoms with Gasteiger partial charge in [0.2, 0.25) is 0 Å². The molecule has 0 amide bonds. The van der Waals surface area contributed by atoms with Crippen LogP contribution in [0.4, 0.5) is 5.69 Å². The molecule has 2 rings (SSSR count). The van der Waals surface area contributed by atoms with Crippen molar-refractivity contribution < 1.29 is 0 Å². The fourth-order valence-corrected chi connectivity index (χ4v) is 2.07. The van der Waals surface area contributed by atoms with E-state index in [1.807, 2.05) is 11.7 Å². The van der Waals surface area contributed by atoms with Crippen LogP contribution in [-0.2, 0) is 7.05 Å². The average Bonchev–Trinajstić information content (AvgIpc) is 2.46. The first kappa shape index (κ1) is 9.52. The highest BCUT2D eigenvalue weighted by Gasteiger charge is 2.20. The van der Waals surface area contributed by atoms with Crippen LogP contribution in [-0.4, -0.2) is 35.5 Å². The molecule has 1 aliphatic heterocycles. The highest BCUT2D eigenvalue weighted by Crippen LogP contribution is 2.21. The summed E-state index contributed by atoms with van der Waals surface area (Å²) in [4.78, 5) is 2.43. The Kier molecular flexibility index (Phi) is 2.46. The standard InChI is InChI=1S/C10H18N4/c1-8-6-11-4-5-14(8)10-7-13(3)12-9(10)2/h7-8,11H,4-6H2,1-3H3. The van der Waals surface area contributed by atoms with Crippen molar-refractivity contribution in [3.05, 3.63) is 11.9 Å². The van der Waals surface area contributed by atoms with Gasteiger partial charge in [-0.25, -0.2) is 0 Å². The molecule has 1 fully saturated rings. The SMILES string of the molecule is Cc1nn(C)cc1N1CCNCC1C. The summed E-state index contributed by atoms with van der Waals surface area (Å²) in [6.45, 7) is 7.53. The van der Waals surface area contributed by atoms with Gasteiger partial charge >= 0.3 is 0 Å². The van der Waals surface area contributed by atoms with Gasteiger partial charge in [0.25, 0.3) is 0 Å². The molecule has 0 radical (unpaired) electrons. The molecule has 0 spiro atoms. The molecule has 78 valence electrons. The minimum atomic E-state index is 0.562. The van der Waals surface area contributed by atoms with Crippen LogP contribution in [0.3, 0.4) is 0 Å². The summed E-state index contributed by atoms with van der Waals surface area (Å²) in [7, 11) is 1.98. The van der Waals surface area contributed by atoms with Crippen molar-refractivity contribution in [2.75, 3.05) is 24.5 Å². The van der Waals surface area contributed by atoms with Crippen LogP contribution >= 0.6 is 0 Å². The molecule has 0 aromatic carbocycles. The van der Waals surface area contributed by atoms with Crippen molar-refractivity contribution in [3.63, 3.8) is 0 Å². The van der Waals surface area contributed by atoms with Crippen molar-refractivity contribution in [2.45, 2.75) is 19.9 Å². The molecule has 0 bridgehead atoms. The topological polar surface area (TPSA) is 33.1 Å². The molecule has 1 N–H and O–H groups in total. The Morgan fingerprint density at radius 1 is 1.57 bits per heavy atom. The summed E-state index contributed by atoms with van der Waals surface area (Å²) >= 11 is 0. The molecule has 4 nitrogen and oxygen atoms in total. The summed E-state index contributed by atoms with van der Waals surface area (Å²) < 4.78 is 1.89. The summed E-state index contributed by atoms with van der Waals surface area (Å²) in [6.07, 6.45) is 2.11. The number of hydrogen-bond acceptors (Lipinski definition) is 3. The monoisotopic (exact) mass is 194 g/mol. The zero-order valence-electron chi connectivity index (χ0n) is 9.12. The van der Waals surface area contributed by atoms with E-state index in [1.54, 1.807) is 0 Å². The maximum Gasteiger partial charge on any atom is 0.0827 e. The quantitative estimate of drug-likeness (QED) is 0.708. The smallest absolute Gasteiger partial charge is 0.0827 e. The lowest BCUT2D eigenvalue weighted by atomic mass is 10.2. The second-order valence-corrected chi connectivity index (χ2v) is 4.02. The third-order valence-corrected chi connectivity index (χ3v) is 2.80. The van der Waals surface area contributed by atoms with E-state index < -0.39 is 0 Å². The second-order valence-electron chi connectivity index (χ2n) is 4.02. The molecule has 4 heteroatoms. The van der Waals surface area contributed by atoms with Crippen molar-refractivity contribution in [2.24, 2.45) is 7.05 Å². The van der Waals surface area contributed by atoms with Gasteiger partial charge in [-0.2, -0.15) is 5.10 Å².